The van der Waals surface area contributed by atoms with E-state index < -0.39 is 0 Å². The van der Waals surface area contributed by atoms with Crippen molar-refractivity contribution in [2.24, 2.45) is 0 Å². The summed E-state index contributed by atoms with van der Waals surface area (Å²) < 4.78 is 2.24. The van der Waals surface area contributed by atoms with Crippen LogP contribution in [0.2, 0.25) is 0 Å². The molecule has 0 unspecified atom stereocenters. The maximum atomic E-state index is 3.89. The highest BCUT2D eigenvalue weighted by molar-refractivity contribution is 5.20. The maximum absolute atomic E-state index is 3.89. The summed E-state index contributed by atoms with van der Waals surface area (Å²) in [6, 6.07) is 0. The normalized spacial score (nSPS) is 10.2. The lowest BCUT2D eigenvalue weighted by molar-refractivity contribution is 0.696. The van der Waals surface area contributed by atoms with E-state index in [4.69, 9.17) is 0 Å². The number of allylic oxidation sites excluding steroid dienone is 1. The second-order valence-electron chi connectivity index (χ2n) is 3.57. The van der Waals surface area contributed by atoms with Crippen molar-refractivity contribution in [2.75, 3.05) is 0 Å². The average Bonchev–Trinajstić information content (AvgIpc) is 2.28. The Balaban J connectivity index is 2.58. The van der Waals surface area contributed by atoms with E-state index in [1.807, 2.05) is 0 Å². The molecule has 0 aromatic carbocycles. The zero-order valence-electron chi connectivity index (χ0n) is 8.22. The molecule has 0 atom stereocenters. The lowest BCUT2D eigenvalue weighted by atomic mass is 10.2. The molecular formula is C11H17N. The van der Waals surface area contributed by atoms with E-state index in [1.165, 1.54) is 16.7 Å². The van der Waals surface area contributed by atoms with E-state index in [2.05, 4.69) is 44.3 Å². The zero-order valence-corrected chi connectivity index (χ0v) is 8.22. The van der Waals surface area contributed by atoms with Crippen LogP contribution in [0.4, 0.5) is 0 Å². The minimum absolute atomic E-state index is 1.06. The van der Waals surface area contributed by atoms with Crippen LogP contribution in [0.15, 0.2) is 24.5 Å². The van der Waals surface area contributed by atoms with Gasteiger partial charge in [-0.05, 0) is 38.3 Å². The summed E-state index contributed by atoms with van der Waals surface area (Å²) in [7, 11) is 0. The number of hydrogen-bond acceptors (Lipinski definition) is 0. The van der Waals surface area contributed by atoms with Crippen LogP contribution in [-0.4, -0.2) is 4.57 Å². The van der Waals surface area contributed by atoms with Crippen molar-refractivity contribution in [3.8, 4) is 0 Å². The highest BCUT2D eigenvalue weighted by Gasteiger charge is 1.96. The molecule has 0 spiro atoms. The van der Waals surface area contributed by atoms with Gasteiger partial charge in [0.25, 0.3) is 0 Å². The molecule has 1 heteroatoms. The van der Waals surface area contributed by atoms with Crippen molar-refractivity contribution in [3.63, 3.8) is 0 Å². The zero-order chi connectivity index (χ0) is 9.14. The number of aromatic nitrogens is 1. The summed E-state index contributed by atoms with van der Waals surface area (Å²) in [5, 5.41) is 0. The smallest absolute Gasteiger partial charge is 0.0256 e. The predicted molar refractivity (Wildman–Crippen MR) is 53.3 cm³/mol. The molecule has 0 amide bonds. The van der Waals surface area contributed by atoms with Gasteiger partial charge < -0.3 is 4.57 Å². The Morgan fingerprint density at radius 2 is 1.83 bits per heavy atom. The lowest BCUT2D eigenvalue weighted by Crippen LogP contribution is -1.93. The van der Waals surface area contributed by atoms with Gasteiger partial charge in [0.1, 0.15) is 0 Å². The van der Waals surface area contributed by atoms with E-state index in [0.29, 0.717) is 0 Å². The van der Waals surface area contributed by atoms with Crippen LogP contribution in [0, 0.1) is 13.8 Å². The summed E-state index contributed by atoms with van der Waals surface area (Å²) in [5.74, 6) is 0. The maximum Gasteiger partial charge on any atom is 0.0256 e. The van der Waals surface area contributed by atoms with E-state index >= 15 is 0 Å². The quantitative estimate of drug-likeness (QED) is 0.603. The average molecular weight is 163 g/mol. The molecule has 1 nitrogen and oxygen atoms in total. The molecule has 0 bridgehead atoms. The second-order valence-corrected chi connectivity index (χ2v) is 3.57. The summed E-state index contributed by atoms with van der Waals surface area (Å²) in [6.07, 6.45) is 5.46. The Labute approximate surface area is 74.7 Å². The van der Waals surface area contributed by atoms with Crippen LogP contribution in [0.3, 0.4) is 0 Å². The third-order valence-electron chi connectivity index (χ3n) is 2.14. The molecule has 1 rings (SSSR count). The minimum atomic E-state index is 1.06. The van der Waals surface area contributed by atoms with E-state index in [-0.39, 0.29) is 0 Å². The topological polar surface area (TPSA) is 4.93 Å². The Hall–Kier alpha value is -0.980. The molecule has 0 N–H and O–H groups in total. The fourth-order valence-electron chi connectivity index (χ4n) is 1.19. The molecule has 1 aromatic rings. The van der Waals surface area contributed by atoms with Crippen LogP contribution < -0.4 is 0 Å². The van der Waals surface area contributed by atoms with Gasteiger partial charge in [-0.2, -0.15) is 0 Å². The highest BCUT2D eigenvalue weighted by atomic mass is 14.9. The van der Waals surface area contributed by atoms with Crippen LogP contribution in [0.5, 0.6) is 0 Å². The molecule has 0 saturated heterocycles. The number of nitrogens with zero attached hydrogens (tertiary/aromatic N) is 1. The minimum Gasteiger partial charge on any atom is -0.353 e. The standard InChI is InChI=1S/C11H17N/c1-9(2)5-6-12-7-10(3)11(4)8-12/h7-8H,1,5-6H2,2-4H3. The molecule has 1 heterocycles. The monoisotopic (exact) mass is 163 g/mol. The number of rotatable bonds is 3. The van der Waals surface area contributed by atoms with E-state index in [1.54, 1.807) is 0 Å². The van der Waals surface area contributed by atoms with Gasteiger partial charge in [-0.3, -0.25) is 0 Å². The van der Waals surface area contributed by atoms with E-state index in [9.17, 15) is 0 Å². The van der Waals surface area contributed by atoms with Crippen molar-refractivity contribution in [1.82, 2.24) is 4.57 Å². The van der Waals surface area contributed by atoms with Crippen molar-refractivity contribution in [1.29, 1.82) is 0 Å². The third-order valence-corrected chi connectivity index (χ3v) is 2.14. The van der Waals surface area contributed by atoms with Crippen LogP contribution in [0.1, 0.15) is 24.5 Å². The molecule has 12 heavy (non-hydrogen) atoms. The van der Waals surface area contributed by atoms with Gasteiger partial charge in [0, 0.05) is 18.9 Å². The lowest BCUT2D eigenvalue weighted by Gasteiger charge is -2.00. The Kier molecular flexibility index (Phi) is 2.74. The molecule has 0 radical (unpaired) electrons. The number of hydrogen-bond donors (Lipinski definition) is 0. The van der Waals surface area contributed by atoms with Gasteiger partial charge in [-0.15, -0.1) is 6.58 Å². The summed E-state index contributed by atoms with van der Waals surface area (Å²) in [6.45, 7) is 11.3. The fraction of sp³-hybridized carbons (Fsp3) is 0.455. The molecule has 66 valence electrons. The van der Waals surface area contributed by atoms with Crippen molar-refractivity contribution in [3.05, 3.63) is 35.7 Å². The SMILES string of the molecule is C=C(C)CCn1cc(C)c(C)c1. The van der Waals surface area contributed by atoms with Gasteiger partial charge in [-0.25, -0.2) is 0 Å². The van der Waals surface area contributed by atoms with Crippen molar-refractivity contribution < 1.29 is 0 Å². The Bertz CT molecular complexity index is 262. The first-order chi connectivity index (χ1) is 5.59. The first-order valence-electron chi connectivity index (χ1n) is 4.37. The second kappa shape index (κ2) is 3.61. The first kappa shape index (κ1) is 9.11. The van der Waals surface area contributed by atoms with E-state index in [0.717, 1.165) is 13.0 Å². The largest absolute Gasteiger partial charge is 0.353 e. The van der Waals surface area contributed by atoms with Crippen LogP contribution in [0.25, 0.3) is 0 Å². The Morgan fingerprint density at radius 3 is 2.25 bits per heavy atom. The molecule has 0 aliphatic rings. The third kappa shape index (κ3) is 2.26. The molecule has 0 saturated carbocycles. The van der Waals surface area contributed by atoms with Crippen molar-refractivity contribution in [2.45, 2.75) is 33.7 Å². The molecule has 0 aliphatic heterocycles. The fourth-order valence-corrected chi connectivity index (χ4v) is 1.19. The molecule has 0 aliphatic carbocycles. The summed E-state index contributed by atoms with van der Waals surface area (Å²) in [5.41, 5.74) is 3.99. The Morgan fingerprint density at radius 1 is 1.33 bits per heavy atom. The van der Waals surface area contributed by atoms with Crippen molar-refractivity contribution >= 4 is 0 Å². The summed E-state index contributed by atoms with van der Waals surface area (Å²) >= 11 is 0. The van der Waals surface area contributed by atoms with Crippen LogP contribution >= 0.6 is 0 Å². The van der Waals surface area contributed by atoms with Gasteiger partial charge in [0.2, 0.25) is 0 Å². The molecule has 0 fully saturated rings. The molecular weight excluding hydrogens is 146 g/mol. The number of aryl methyl sites for hydroxylation is 3. The van der Waals surface area contributed by atoms with Gasteiger partial charge in [-0.1, -0.05) is 5.57 Å². The highest BCUT2D eigenvalue weighted by Crippen LogP contribution is 2.09. The summed E-state index contributed by atoms with van der Waals surface area (Å²) in [4.78, 5) is 0. The van der Waals surface area contributed by atoms with Crippen LogP contribution in [-0.2, 0) is 6.54 Å². The van der Waals surface area contributed by atoms with Gasteiger partial charge >= 0.3 is 0 Å². The van der Waals surface area contributed by atoms with Gasteiger partial charge in [0.15, 0.2) is 0 Å². The first-order valence-corrected chi connectivity index (χ1v) is 4.37. The van der Waals surface area contributed by atoms with Gasteiger partial charge in [0.05, 0.1) is 0 Å². The predicted octanol–water partition coefficient (Wildman–Crippen LogP) is 3.07. The molecule has 1 aromatic heterocycles.